The summed E-state index contributed by atoms with van der Waals surface area (Å²) in [4.78, 5) is 13.8. The van der Waals surface area contributed by atoms with Crippen molar-refractivity contribution in [3.05, 3.63) is 34.6 Å². The van der Waals surface area contributed by atoms with Crippen LogP contribution in [-0.4, -0.2) is 29.9 Å². The smallest absolute Gasteiger partial charge is 0.227 e. The number of nitrogens with zero attached hydrogens (tertiary/aromatic N) is 1. The fraction of sp³-hybridized carbons (Fsp3) is 0.462. The van der Waals surface area contributed by atoms with Gasteiger partial charge in [0.05, 0.1) is 6.42 Å². The van der Waals surface area contributed by atoms with Gasteiger partial charge in [-0.25, -0.2) is 4.39 Å². The predicted molar refractivity (Wildman–Crippen MR) is 76.2 cm³/mol. The van der Waals surface area contributed by atoms with Crippen molar-refractivity contribution in [2.45, 2.75) is 25.3 Å². The standard InChI is InChI=1S/C13H16ClFN2O.ClH/c14-11-4-1-5-12(15)10(11)7-13(18)17-6-2-3-9(16)8-17;/h1,4-5,9H,2-3,6-8,16H2;1H. The Morgan fingerprint density at radius 2 is 2.26 bits per heavy atom. The van der Waals surface area contributed by atoms with Crippen LogP contribution in [0.1, 0.15) is 18.4 Å². The molecule has 2 N–H and O–H groups in total. The Balaban J connectivity index is 0.00000180. The molecule has 6 heteroatoms. The number of amides is 1. The molecule has 0 saturated carbocycles. The Bertz CT molecular complexity index is 436. The van der Waals surface area contributed by atoms with Crippen LogP contribution in [0.4, 0.5) is 4.39 Å². The van der Waals surface area contributed by atoms with E-state index < -0.39 is 5.82 Å². The van der Waals surface area contributed by atoms with Gasteiger partial charge in [-0.15, -0.1) is 12.4 Å². The molecule has 1 aliphatic heterocycles. The summed E-state index contributed by atoms with van der Waals surface area (Å²) in [6, 6.07) is 4.47. The average Bonchev–Trinajstić information content (AvgIpc) is 2.34. The van der Waals surface area contributed by atoms with Crippen molar-refractivity contribution in [1.82, 2.24) is 4.90 Å². The topological polar surface area (TPSA) is 46.3 Å². The second kappa shape index (κ2) is 7.08. The highest BCUT2D eigenvalue weighted by Crippen LogP contribution is 2.20. The molecule has 2 rings (SSSR count). The number of piperidine rings is 1. The van der Waals surface area contributed by atoms with Gasteiger partial charge in [-0.3, -0.25) is 4.79 Å². The molecule has 0 spiro atoms. The summed E-state index contributed by atoms with van der Waals surface area (Å²) in [5, 5.41) is 0.296. The Hall–Kier alpha value is -0.840. The summed E-state index contributed by atoms with van der Waals surface area (Å²) in [5.41, 5.74) is 6.09. The van der Waals surface area contributed by atoms with Gasteiger partial charge in [0.15, 0.2) is 0 Å². The second-order valence-corrected chi connectivity index (χ2v) is 5.03. The first-order valence-electron chi connectivity index (χ1n) is 6.04. The molecule has 106 valence electrons. The Morgan fingerprint density at radius 3 is 2.89 bits per heavy atom. The van der Waals surface area contributed by atoms with Crippen LogP contribution >= 0.6 is 24.0 Å². The zero-order valence-corrected chi connectivity index (χ0v) is 12.0. The molecular weight excluding hydrogens is 290 g/mol. The SMILES string of the molecule is Cl.NC1CCCN(C(=O)Cc2c(F)cccc2Cl)C1. The zero-order valence-electron chi connectivity index (χ0n) is 10.4. The van der Waals surface area contributed by atoms with E-state index in [1.54, 1.807) is 11.0 Å². The first-order valence-corrected chi connectivity index (χ1v) is 6.42. The average molecular weight is 307 g/mol. The van der Waals surface area contributed by atoms with Gasteiger partial charge in [-0.2, -0.15) is 0 Å². The molecule has 1 atom stereocenters. The minimum absolute atomic E-state index is 0. The fourth-order valence-electron chi connectivity index (χ4n) is 2.20. The lowest BCUT2D eigenvalue weighted by Gasteiger charge is -2.31. The number of nitrogens with two attached hydrogens (primary N) is 1. The van der Waals surface area contributed by atoms with Crippen LogP contribution in [0.5, 0.6) is 0 Å². The van der Waals surface area contributed by atoms with Gasteiger partial charge in [-0.05, 0) is 25.0 Å². The number of carbonyl (C=O) groups excluding carboxylic acids is 1. The molecule has 1 fully saturated rings. The highest BCUT2D eigenvalue weighted by atomic mass is 35.5. The first-order chi connectivity index (χ1) is 8.58. The summed E-state index contributed by atoms with van der Waals surface area (Å²) in [6.45, 7) is 1.24. The van der Waals surface area contributed by atoms with Crippen molar-refractivity contribution in [3.8, 4) is 0 Å². The highest BCUT2D eigenvalue weighted by Gasteiger charge is 2.22. The van der Waals surface area contributed by atoms with Crippen LogP contribution in [-0.2, 0) is 11.2 Å². The minimum atomic E-state index is -0.433. The van der Waals surface area contributed by atoms with E-state index in [2.05, 4.69) is 0 Å². The second-order valence-electron chi connectivity index (χ2n) is 4.62. The lowest BCUT2D eigenvalue weighted by Crippen LogP contribution is -2.46. The van der Waals surface area contributed by atoms with E-state index in [-0.39, 0.29) is 36.3 Å². The third-order valence-corrected chi connectivity index (χ3v) is 3.55. The van der Waals surface area contributed by atoms with Crippen LogP contribution < -0.4 is 5.73 Å². The number of carbonyl (C=O) groups is 1. The van der Waals surface area contributed by atoms with Crippen LogP contribution in [0.15, 0.2) is 18.2 Å². The Labute approximate surface area is 123 Å². The number of hydrogen-bond acceptors (Lipinski definition) is 2. The number of likely N-dealkylation sites (tertiary alicyclic amines) is 1. The summed E-state index contributed by atoms with van der Waals surface area (Å²) in [5.74, 6) is -0.547. The number of halogens is 3. The summed E-state index contributed by atoms with van der Waals surface area (Å²) in [7, 11) is 0. The molecule has 1 aromatic carbocycles. The molecule has 1 aromatic rings. The molecule has 1 aliphatic rings. The molecule has 0 aromatic heterocycles. The first kappa shape index (κ1) is 16.2. The lowest BCUT2D eigenvalue weighted by atomic mass is 10.0. The van der Waals surface area contributed by atoms with Gasteiger partial charge in [0, 0.05) is 29.7 Å². The van der Waals surface area contributed by atoms with Crippen LogP contribution in [0.2, 0.25) is 5.02 Å². The van der Waals surface area contributed by atoms with Crippen molar-refractivity contribution in [2.75, 3.05) is 13.1 Å². The zero-order chi connectivity index (χ0) is 13.1. The molecule has 1 amide bonds. The van der Waals surface area contributed by atoms with Crippen molar-refractivity contribution in [3.63, 3.8) is 0 Å². The molecule has 0 radical (unpaired) electrons. The molecule has 1 heterocycles. The number of rotatable bonds is 2. The normalized spacial score (nSPS) is 18.9. The predicted octanol–water partition coefficient (Wildman–Crippen LogP) is 2.39. The maximum atomic E-state index is 13.6. The fourth-order valence-corrected chi connectivity index (χ4v) is 2.43. The Morgan fingerprint density at radius 1 is 1.53 bits per heavy atom. The molecule has 19 heavy (non-hydrogen) atoms. The van der Waals surface area contributed by atoms with Gasteiger partial charge in [-0.1, -0.05) is 17.7 Å². The Kier molecular flexibility index (Phi) is 6.04. The van der Waals surface area contributed by atoms with Crippen LogP contribution in [0, 0.1) is 5.82 Å². The van der Waals surface area contributed by atoms with E-state index in [1.807, 2.05) is 0 Å². The van der Waals surface area contributed by atoms with Crippen molar-refractivity contribution in [2.24, 2.45) is 5.73 Å². The van der Waals surface area contributed by atoms with E-state index >= 15 is 0 Å². The number of hydrogen-bond donors (Lipinski definition) is 1. The molecule has 1 unspecified atom stereocenters. The summed E-state index contributed by atoms with van der Waals surface area (Å²) < 4.78 is 13.6. The largest absolute Gasteiger partial charge is 0.341 e. The van der Waals surface area contributed by atoms with Crippen molar-refractivity contribution < 1.29 is 9.18 Å². The van der Waals surface area contributed by atoms with Gasteiger partial charge in [0.2, 0.25) is 5.91 Å². The van der Waals surface area contributed by atoms with E-state index in [0.717, 1.165) is 12.8 Å². The van der Waals surface area contributed by atoms with Crippen LogP contribution in [0.25, 0.3) is 0 Å². The molecule has 1 saturated heterocycles. The molecule has 0 bridgehead atoms. The quantitative estimate of drug-likeness (QED) is 0.912. The van der Waals surface area contributed by atoms with Crippen molar-refractivity contribution in [1.29, 1.82) is 0 Å². The molecule has 0 aliphatic carbocycles. The summed E-state index contributed by atoms with van der Waals surface area (Å²) >= 11 is 5.91. The maximum Gasteiger partial charge on any atom is 0.227 e. The molecule has 3 nitrogen and oxygen atoms in total. The van der Waals surface area contributed by atoms with E-state index in [0.29, 0.717) is 18.1 Å². The van der Waals surface area contributed by atoms with Gasteiger partial charge in [0.1, 0.15) is 5.82 Å². The maximum absolute atomic E-state index is 13.6. The van der Waals surface area contributed by atoms with E-state index in [1.165, 1.54) is 12.1 Å². The monoisotopic (exact) mass is 306 g/mol. The third-order valence-electron chi connectivity index (χ3n) is 3.20. The third kappa shape index (κ3) is 4.06. The minimum Gasteiger partial charge on any atom is -0.341 e. The van der Waals surface area contributed by atoms with Crippen LogP contribution in [0.3, 0.4) is 0 Å². The van der Waals surface area contributed by atoms with Gasteiger partial charge >= 0.3 is 0 Å². The van der Waals surface area contributed by atoms with E-state index in [9.17, 15) is 9.18 Å². The van der Waals surface area contributed by atoms with Gasteiger partial charge < -0.3 is 10.6 Å². The van der Waals surface area contributed by atoms with Crippen molar-refractivity contribution >= 4 is 29.9 Å². The number of benzene rings is 1. The lowest BCUT2D eigenvalue weighted by molar-refractivity contribution is -0.131. The summed E-state index contributed by atoms with van der Waals surface area (Å²) in [6.07, 6.45) is 1.83. The van der Waals surface area contributed by atoms with Gasteiger partial charge in [0.25, 0.3) is 0 Å². The molecular formula is C13H17Cl2FN2O. The van der Waals surface area contributed by atoms with E-state index in [4.69, 9.17) is 17.3 Å². The highest BCUT2D eigenvalue weighted by molar-refractivity contribution is 6.31.